The smallest absolute Gasteiger partial charge is 0.295 e. The third kappa shape index (κ3) is 5.68. The number of ketones is 1. The summed E-state index contributed by atoms with van der Waals surface area (Å²) in [7, 11) is 3.60. The number of carbonyl (C=O) groups is 3. The summed E-state index contributed by atoms with van der Waals surface area (Å²) in [5.74, 6) is -1.89. The molecule has 2 aliphatic rings. The summed E-state index contributed by atoms with van der Waals surface area (Å²) in [5.41, 5.74) is 2.04. The number of nitrogens with zero attached hydrogens (tertiary/aromatic N) is 5. The van der Waals surface area contributed by atoms with Gasteiger partial charge in [-0.25, -0.2) is 4.39 Å². The molecule has 0 saturated carbocycles. The SMILES string of the molecule is C[C@@H]1CN(Cc2ccc(F)cc2)[C@@H](C)CN1C(=O)c1cc2c(C(=O)C(=O)N3CCC(O)C3)cn(N(C)C)c2cc1Cl. The summed E-state index contributed by atoms with van der Waals surface area (Å²) in [6, 6.07) is 9.64. The van der Waals surface area contributed by atoms with E-state index in [4.69, 9.17) is 11.6 Å². The molecular weight excluding hydrogens is 549 g/mol. The van der Waals surface area contributed by atoms with Crippen LogP contribution in [0.1, 0.15) is 46.5 Å². The lowest BCUT2D eigenvalue weighted by atomic mass is 10.0. The lowest BCUT2D eigenvalue weighted by Gasteiger charge is -2.44. The summed E-state index contributed by atoms with van der Waals surface area (Å²) in [6.07, 6.45) is 1.37. The first-order valence-electron chi connectivity index (χ1n) is 13.8. The van der Waals surface area contributed by atoms with Crippen LogP contribution in [-0.2, 0) is 11.3 Å². The molecular formula is C30H35ClFN5O4. The van der Waals surface area contributed by atoms with Crippen LogP contribution in [0.25, 0.3) is 10.9 Å². The molecule has 3 atom stereocenters. The van der Waals surface area contributed by atoms with Gasteiger partial charge in [0.05, 0.1) is 27.8 Å². The number of fused-ring (bicyclic) bond motifs is 1. The fourth-order valence-electron chi connectivity index (χ4n) is 5.77. The molecule has 9 nitrogen and oxygen atoms in total. The van der Waals surface area contributed by atoms with Crippen LogP contribution in [0.3, 0.4) is 0 Å². The monoisotopic (exact) mass is 583 g/mol. The molecule has 2 amide bonds. The molecule has 2 fully saturated rings. The molecule has 1 N–H and O–H groups in total. The number of piperazine rings is 1. The summed E-state index contributed by atoms with van der Waals surface area (Å²) in [5, 5.41) is 12.3. The number of likely N-dealkylation sites (tertiary alicyclic amines) is 1. The Hall–Kier alpha value is -3.47. The molecule has 41 heavy (non-hydrogen) atoms. The van der Waals surface area contributed by atoms with Crippen molar-refractivity contribution in [1.29, 1.82) is 0 Å². The van der Waals surface area contributed by atoms with E-state index >= 15 is 0 Å². The number of carbonyl (C=O) groups excluding carboxylic acids is 3. The molecule has 1 aromatic heterocycles. The summed E-state index contributed by atoms with van der Waals surface area (Å²) in [4.78, 5) is 45.7. The van der Waals surface area contributed by atoms with Crippen molar-refractivity contribution in [3.8, 4) is 0 Å². The molecule has 2 saturated heterocycles. The van der Waals surface area contributed by atoms with Crippen molar-refractivity contribution in [3.63, 3.8) is 0 Å². The fraction of sp³-hybridized carbons (Fsp3) is 0.433. The van der Waals surface area contributed by atoms with Crippen LogP contribution < -0.4 is 5.01 Å². The Morgan fingerprint density at radius 2 is 1.73 bits per heavy atom. The minimum Gasteiger partial charge on any atom is -0.391 e. The van der Waals surface area contributed by atoms with E-state index < -0.39 is 17.8 Å². The maximum absolute atomic E-state index is 13.9. The topological polar surface area (TPSA) is 89.3 Å². The van der Waals surface area contributed by atoms with E-state index in [0.29, 0.717) is 43.5 Å². The zero-order valence-corrected chi connectivity index (χ0v) is 24.4. The van der Waals surface area contributed by atoms with Gasteiger partial charge in [0.2, 0.25) is 0 Å². The fourth-order valence-corrected chi connectivity index (χ4v) is 6.01. The van der Waals surface area contributed by atoms with Crippen LogP contribution in [0.5, 0.6) is 0 Å². The Labute approximate surface area is 243 Å². The number of halogens is 2. The quantitative estimate of drug-likeness (QED) is 0.354. The van der Waals surface area contributed by atoms with E-state index in [0.717, 1.165) is 5.56 Å². The van der Waals surface area contributed by atoms with Crippen molar-refractivity contribution in [2.24, 2.45) is 0 Å². The number of aliphatic hydroxyl groups excluding tert-OH is 1. The van der Waals surface area contributed by atoms with Gasteiger partial charge in [-0.1, -0.05) is 23.7 Å². The molecule has 3 aromatic rings. The second-order valence-corrected chi connectivity index (χ2v) is 11.7. The minimum absolute atomic E-state index is 0.0445. The van der Waals surface area contributed by atoms with Gasteiger partial charge in [-0.2, -0.15) is 0 Å². The molecule has 0 spiro atoms. The van der Waals surface area contributed by atoms with Crippen LogP contribution in [0.15, 0.2) is 42.6 Å². The number of aliphatic hydroxyl groups is 1. The number of Topliss-reactive ketones (excluding diaryl/α,β-unsaturated/α-hetero) is 1. The van der Waals surface area contributed by atoms with E-state index in [2.05, 4.69) is 11.8 Å². The second-order valence-electron chi connectivity index (χ2n) is 11.3. The van der Waals surface area contributed by atoms with Crippen molar-refractivity contribution >= 4 is 40.1 Å². The molecule has 3 heterocycles. The van der Waals surface area contributed by atoms with Gasteiger partial charge in [0.1, 0.15) is 5.82 Å². The normalized spacial score (nSPS) is 21.5. The number of aromatic nitrogens is 1. The maximum Gasteiger partial charge on any atom is 0.295 e. The zero-order valence-electron chi connectivity index (χ0n) is 23.7. The average Bonchev–Trinajstić information content (AvgIpc) is 3.53. The van der Waals surface area contributed by atoms with E-state index in [9.17, 15) is 23.9 Å². The third-order valence-electron chi connectivity index (χ3n) is 8.10. The largest absolute Gasteiger partial charge is 0.391 e. The Morgan fingerprint density at radius 1 is 1.02 bits per heavy atom. The Morgan fingerprint density at radius 3 is 2.37 bits per heavy atom. The third-order valence-corrected chi connectivity index (χ3v) is 8.41. The van der Waals surface area contributed by atoms with Crippen LogP contribution in [0.4, 0.5) is 4.39 Å². The van der Waals surface area contributed by atoms with Crippen LogP contribution in [0.2, 0.25) is 5.02 Å². The van der Waals surface area contributed by atoms with Gasteiger partial charge < -0.3 is 19.9 Å². The minimum atomic E-state index is -0.693. The van der Waals surface area contributed by atoms with Gasteiger partial charge >= 0.3 is 0 Å². The van der Waals surface area contributed by atoms with E-state index in [1.165, 1.54) is 17.0 Å². The van der Waals surface area contributed by atoms with Crippen LogP contribution in [-0.4, -0.2) is 101 Å². The van der Waals surface area contributed by atoms with Gasteiger partial charge in [-0.3, -0.25) is 24.0 Å². The predicted octanol–water partition coefficient (Wildman–Crippen LogP) is 3.14. The zero-order chi connectivity index (χ0) is 29.6. The number of β-amino-alcohol motifs (C(OH)–C–C–N with tert-alkyl or cyclic N) is 1. The highest BCUT2D eigenvalue weighted by molar-refractivity contribution is 6.45. The first-order valence-corrected chi connectivity index (χ1v) is 14.2. The van der Waals surface area contributed by atoms with Gasteiger partial charge in [-0.05, 0) is 50.1 Å². The highest BCUT2D eigenvalue weighted by Gasteiger charge is 2.35. The maximum atomic E-state index is 13.9. The Kier molecular flexibility index (Phi) is 8.09. The van der Waals surface area contributed by atoms with Crippen molar-refractivity contribution in [3.05, 3.63) is 70.1 Å². The van der Waals surface area contributed by atoms with Crippen molar-refractivity contribution < 1.29 is 23.9 Å². The number of rotatable bonds is 6. The Bertz CT molecular complexity index is 1490. The first-order chi connectivity index (χ1) is 19.4. The molecule has 2 aliphatic heterocycles. The van der Waals surface area contributed by atoms with Crippen molar-refractivity contribution in [1.82, 2.24) is 19.4 Å². The summed E-state index contributed by atoms with van der Waals surface area (Å²) < 4.78 is 15.1. The molecule has 2 aromatic carbocycles. The molecule has 0 bridgehead atoms. The van der Waals surface area contributed by atoms with E-state index in [1.807, 2.05) is 6.92 Å². The lowest BCUT2D eigenvalue weighted by molar-refractivity contribution is -0.125. The number of amides is 2. The van der Waals surface area contributed by atoms with Gasteiger partial charge in [0.25, 0.3) is 17.6 Å². The Balaban J connectivity index is 1.43. The molecule has 0 radical (unpaired) electrons. The highest BCUT2D eigenvalue weighted by Crippen LogP contribution is 2.31. The summed E-state index contributed by atoms with van der Waals surface area (Å²) in [6.45, 7) is 6.21. The molecule has 218 valence electrons. The predicted molar refractivity (Wildman–Crippen MR) is 155 cm³/mol. The standard InChI is InChI=1S/C30H35ClFN5O4/c1-18-14-36(19(2)13-35(18)15-20-5-7-21(32)8-6-20)29(40)24-11-23-25(17-37(33(3)4)27(23)12-26(24)31)28(39)30(41)34-10-9-22(38)16-34/h5-8,11-12,17-19,22,38H,9-10,13-16H2,1-4H3/t18-,19+,22?/m0/s1. The molecule has 11 heteroatoms. The van der Waals surface area contributed by atoms with E-state index in [-0.39, 0.29) is 46.5 Å². The van der Waals surface area contributed by atoms with Crippen molar-refractivity contribution in [2.45, 2.75) is 45.0 Å². The molecule has 0 aliphatic carbocycles. The highest BCUT2D eigenvalue weighted by atomic mass is 35.5. The van der Waals surface area contributed by atoms with Gasteiger partial charge in [0.15, 0.2) is 0 Å². The second kappa shape index (κ2) is 11.4. The van der Waals surface area contributed by atoms with E-state index in [1.54, 1.807) is 59.1 Å². The van der Waals surface area contributed by atoms with Crippen LogP contribution in [0, 0.1) is 5.82 Å². The number of benzene rings is 2. The summed E-state index contributed by atoms with van der Waals surface area (Å²) >= 11 is 6.69. The van der Waals surface area contributed by atoms with Crippen molar-refractivity contribution in [2.75, 3.05) is 45.3 Å². The number of hydrogen-bond acceptors (Lipinski definition) is 6. The molecule has 1 unspecified atom stereocenters. The lowest BCUT2D eigenvalue weighted by Crippen LogP contribution is -2.57. The average molecular weight is 584 g/mol. The van der Waals surface area contributed by atoms with Gasteiger partial charge in [-0.15, -0.1) is 0 Å². The van der Waals surface area contributed by atoms with Gasteiger partial charge in [0, 0.05) is 70.5 Å². The van der Waals surface area contributed by atoms with Crippen LogP contribution >= 0.6 is 11.6 Å². The number of hydrogen-bond donors (Lipinski definition) is 1. The first kappa shape index (κ1) is 29.0. The molecule has 5 rings (SSSR count).